The summed E-state index contributed by atoms with van der Waals surface area (Å²) in [4.78, 5) is 7.32. The Balaban J connectivity index is 0.000000116. The van der Waals surface area contributed by atoms with Crippen molar-refractivity contribution in [2.75, 3.05) is 14.7 Å². The third kappa shape index (κ3) is 17.3. The molecule has 3 heteroatoms. The summed E-state index contributed by atoms with van der Waals surface area (Å²) in [5.41, 5.74) is 47.9. The van der Waals surface area contributed by atoms with Crippen molar-refractivity contribution in [2.45, 2.75) is 57.8 Å². The Kier molecular flexibility index (Phi) is 24.1. The van der Waals surface area contributed by atoms with Crippen molar-refractivity contribution in [1.29, 1.82) is 0 Å². The minimum atomic E-state index is -0.102. The lowest BCUT2D eigenvalue weighted by molar-refractivity contribution is 0.660. The van der Waals surface area contributed by atoms with E-state index in [4.69, 9.17) is 0 Å². The van der Waals surface area contributed by atoms with Gasteiger partial charge in [0.1, 0.15) is 0 Å². The van der Waals surface area contributed by atoms with E-state index in [0.717, 1.165) is 51.2 Å². The number of hydrogen-bond acceptors (Lipinski definition) is 3. The van der Waals surface area contributed by atoms with E-state index in [9.17, 15) is 0 Å². The van der Waals surface area contributed by atoms with Gasteiger partial charge in [0.25, 0.3) is 0 Å². The van der Waals surface area contributed by atoms with Gasteiger partial charge >= 0.3 is 0 Å². The van der Waals surface area contributed by atoms with Crippen LogP contribution in [0.3, 0.4) is 0 Å². The minimum absolute atomic E-state index is 0.0953. The van der Waals surface area contributed by atoms with Gasteiger partial charge in [-0.25, -0.2) is 0 Å². The van der Waals surface area contributed by atoms with Gasteiger partial charge in [0, 0.05) is 67.1 Å². The summed E-state index contributed by atoms with van der Waals surface area (Å²) < 4.78 is 0. The predicted octanol–water partition coefficient (Wildman–Crippen LogP) is 40.9. The van der Waals surface area contributed by atoms with Crippen molar-refractivity contribution >= 4 is 83.5 Å². The molecule has 27 rings (SSSR count). The van der Waals surface area contributed by atoms with Crippen LogP contribution in [0.25, 0.3) is 166 Å². The molecule has 0 bridgehead atoms. The van der Waals surface area contributed by atoms with Crippen molar-refractivity contribution in [3.05, 3.63) is 598 Å². The third-order valence-electron chi connectivity index (χ3n) is 31.4. The lowest BCUT2D eigenvalue weighted by Crippen LogP contribution is -2.16. The Morgan fingerprint density at radius 3 is 0.753 bits per heavy atom. The van der Waals surface area contributed by atoms with E-state index in [2.05, 4.69) is 620 Å². The standard InChI is InChI=1S/3C49H37N/c1-49(2)47-23-12-11-22-44(47)45-29-27-42(33-48(45)49)50(40-25-24-35-16-9-10-19-38(35)31-40)41-26-28-43(36-17-7-4-8-18-36)46(32-41)39-21-13-20-37(30-39)34-14-5-3-6-15-34;1-49(2)46-22-12-11-21-43(46)44-31-29-40(33-47(44)49)50(48-23-13-19-37-18-9-10-20-42(37)48)39-28-30-41(36-16-7-4-8-17-36)45(32-39)38-26-24-35(25-27-38)34-14-5-3-6-15-34;1-49(2)47-20-12-11-19-44(47)45-30-28-42(33-48(45)49)50(40-26-25-35-15-9-10-18-39(35)31-40)41-27-29-43(46(32-41)37-16-7-4-8-17-37)38-23-21-36(22-24-38)34-13-5-3-6-14-34/h3*3-33H,1-2H3. The van der Waals surface area contributed by atoms with Crippen LogP contribution in [-0.2, 0) is 16.2 Å². The minimum Gasteiger partial charge on any atom is -0.310 e. The molecule has 24 aromatic rings. The molecule has 0 radical (unpaired) electrons. The zero-order valence-corrected chi connectivity index (χ0v) is 85.0. The molecule has 0 aliphatic heterocycles. The largest absolute Gasteiger partial charge is 0.310 e. The second-order valence-corrected chi connectivity index (χ2v) is 41.4. The van der Waals surface area contributed by atoms with E-state index in [0.29, 0.717) is 0 Å². The topological polar surface area (TPSA) is 9.72 Å². The molecule has 0 saturated carbocycles. The Labute approximate surface area is 880 Å². The number of anilines is 9. The average Bonchev–Trinajstić information content (AvgIpc) is 1.60. The highest BCUT2D eigenvalue weighted by atomic mass is 15.2. The smallest absolute Gasteiger partial charge is 0.0540 e. The molecular formula is C147H111N3. The van der Waals surface area contributed by atoms with Gasteiger partial charge in [-0.05, 0) is 303 Å². The first kappa shape index (κ1) is 92.6. The van der Waals surface area contributed by atoms with E-state index in [1.807, 2.05) is 0 Å². The Morgan fingerprint density at radius 2 is 0.353 bits per heavy atom. The van der Waals surface area contributed by atoms with Crippen LogP contribution >= 0.6 is 0 Å². The first-order chi connectivity index (χ1) is 73.6. The molecule has 3 aliphatic rings. The predicted molar refractivity (Wildman–Crippen MR) is 638 cm³/mol. The molecule has 150 heavy (non-hydrogen) atoms. The normalized spacial score (nSPS) is 12.8. The molecule has 24 aromatic carbocycles. The Hall–Kier alpha value is -18.5. The van der Waals surface area contributed by atoms with Crippen LogP contribution in [-0.4, -0.2) is 0 Å². The Morgan fingerprint density at radius 1 is 0.120 bits per heavy atom. The van der Waals surface area contributed by atoms with Crippen molar-refractivity contribution in [1.82, 2.24) is 0 Å². The van der Waals surface area contributed by atoms with Crippen LogP contribution in [0.1, 0.15) is 74.9 Å². The van der Waals surface area contributed by atoms with E-state index in [-0.39, 0.29) is 16.2 Å². The molecular weight excluding hydrogens is 1810 g/mol. The van der Waals surface area contributed by atoms with Crippen LogP contribution in [0.15, 0.2) is 564 Å². The highest BCUT2D eigenvalue weighted by Crippen LogP contribution is 2.57. The summed E-state index contributed by atoms with van der Waals surface area (Å²) in [7, 11) is 0. The molecule has 0 amide bonds. The highest BCUT2D eigenvalue weighted by Gasteiger charge is 2.40. The summed E-state index contributed by atoms with van der Waals surface area (Å²) in [6.07, 6.45) is 0. The van der Waals surface area contributed by atoms with Crippen molar-refractivity contribution in [2.24, 2.45) is 0 Å². The van der Waals surface area contributed by atoms with Gasteiger partial charge in [-0.2, -0.15) is 0 Å². The van der Waals surface area contributed by atoms with Crippen LogP contribution < -0.4 is 14.7 Å². The van der Waals surface area contributed by atoms with Crippen LogP contribution in [0.5, 0.6) is 0 Å². The summed E-state index contributed by atoms with van der Waals surface area (Å²) in [5.74, 6) is 0. The molecule has 0 spiro atoms. The number of benzene rings is 24. The van der Waals surface area contributed by atoms with Crippen LogP contribution in [0.2, 0.25) is 0 Å². The monoisotopic (exact) mass is 1920 g/mol. The summed E-state index contributed by atoms with van der Waals surface area (Å²) in [6, 6.07) is 206. The summed E-state index contributed by atoms with van der Waals surface area (Å²) in [6.45, 7) is 14.1. The van der Waals surface area contributed by atoms with Gasteiger partial charge in [0.2, 0.25) is 0 Å². The summed E-state index contributed by atoms with van der Waals surface area (Å²) >= 11 is 0. The SMILES string of the molecule is CC1(C)c2ccccc2-c2ccc(N(c3ccc(-c4ccc(-c5ccccc5)cc4)c(-c4ccccc4)c3)c3ccc4ccccc4c3)cc21.CC1(C)c2ccccc2-c2ccc(N(c3ccc(-c4ccccc4)c(-c4ccc(-c5ccccc5)cc4)c3)c3cccc4ccccc34)cc21.CC1(C)c2ccccc2-c2ccc(N(c3ccc(-c4ccccc4)c(-c4cccc(-c5ccccc5)c4)c3)c3ccc4ccccc4c3)cc21. The number of hydrogen-bond donors (Lipinski definition) is 0. The second kappa shape index (κ2) is 39.1. The molecule has 3 nitrogen and oxygen atoms in total. The quantitative estimate of drug-likeness (QED) is 0.0848. The molecule has 0 saturated heterocycles. The van der Waals surface area contributed by atoms with Gasteiger partial charge in [-0.15, -0.1) is 0 Å². The van der Waals surface area contributed by atoms with Gasteiger partial charge < -0.3 is 14.7 Å². The molecule has 0 unspecified atom stereocenters. The van der Waals surface area contributed by atoms with E-state index >= 15 is 0 Å². The van der Waals surface area contributed by atoms with Crippen molar-refractivity contribution < 1.29 is 0 Å². The van der Waals surface area contributed by atoms with E-state index < -0.39 is 0 Å². The average molecular weight is 1920 g/mol. The first-order valence-electron chi connectivity index (χ1n) is 52.3. The van der Waals surface area contributed by atoms with E-state index in [1.165, 1.54) is 199 Å². The summed E-state index contributed by atoms with van der Waals surface area (Å²) in [5, 5.41) is 7.36. The van der Waals surface area contributed by atoms with Gasteiger partial charge in [-0.1, -0.05) is 497 Å². The molecule has 714 valence electrons. The van der Waals surface area contributed by atoms with Gasteiger partial charge in [-0.3, -0.25) is 0 Å². The van der Waals surface area contributed by atoms with Gasteiger partial charge in [0.05, 0.1) is 5.69 Å². The number of nitrogens with zero attached hydrogens (tertiary/aromatic N) is 3. The maximum atomic E-state index is 2.46. The molecule has 0 aromatic heterocycles. The second-order valence-electron chi connectivity index (χ2n) is 41.4. The number of fused-ring (bicyclic) bond motifs is 12. The van der Waals surface area contributed by atoms with Crippen molar-refractivity contribution in [3.8, 4) is 134 Å². The lowest BCUT2D eigenvalue weighted by Gasteiger charge is -2.30. The van der Waals surface area contributed by atoms with Crippen LogP contribution in [0, 0.1) is 0 Å². The lowest BCUT2D eigenvalue weighted by atomic mass is 9.82. The molecule has 0 N–H and O–H groups in total. The third-order valence-corrected chi connectivity index (χ3v) is 31.4. The highest BCUT2D eigenvalue weighted by molar-refractivity contribution is 6.03. The van der Waals surface area contributed by atoms with E-state index in [1.54, 1.807) is 0 Å². The molecule has 0 atom stereocenters. The molecule has 3 aliphatic carbocycles. The fourth-order valence-corrected chi connectivity index (χ4v) is 23.6. The fourth-order valence-electron chi connectivity index (χ4n) is 23.6. The fraction of sp³-hybridized carbons (Fsp3) is 0.0612. The van der Waals surface area contributed by atoms with Gasteiger partial charge in [0.15, 0.2) is 0 Å². The van der Waals surface area contributed by atoms with Crippen molar-refractivity contribution in [3.63, 3.8) is 0 Å². The zero-order valence-electron chi connectivity index (χ0n) is 85.0. The van der Waals surface area contributed by atoms with Crippen LogP contribution in [0.4, 0.5) is 51.2 Å². The maximum absolute atomic E-state index is 2.46. The first-order valence-corrected chi connectivity index (χ1v) is 52.3. The number of rotatable bonds is 18. The Bertz CT molecular complexity index is 9170. The molecule has 0 heterocycles. The zero-order chi connectivity index (χ0) is 101. The maximum Gasteiger partial charge on any atom is 0.0540 e. The molecule has 0 fully saturated rings.